The van der Waals surface area contributed by atoms with Gasteiger partial charge in [0.05, 0.1) is 0 Å². The van der Waals surface area contributed by atoms with E-state index < -0.39 is 0 Å². The summed E-state index contributed by atoms with van der Waals surface area (Å²) in [5.41, 5.74) is 0. The molecule has 0 saturated carbocycles. The summed E-state index contributed by atoms with van der Waals surface area (Å²) in [5, 5.41) is 18.9. The molecular weight excluding hydrogens is 172 g/mol. The maximum atomic E-state index is 9.73. The molecule has 0 aliphatic heterocycles. The fraction of sp³-hybridized carbons (Fsp3) is 0.714. The molecule has 1 rings (SSSR count). The van der Waals surface area contributed by atoms with E-state index in [4.69, 9.17) is 0 Å². The average Bonchev–Trinajstić information content (AvgIpc) is 2.54. The summed E-state index contributed by atoms with van der Waals surface area (Å²) in [4.78, 5) is 0. The van der Waals surface area contributed by atoms with Gasteiger partial charge in [-0.3, -0.25) is 4.52 Å². The van der Waals surface area contributed by atoms with Crippen LogP contribution in [0, 0.1) is 5.21 Å². The van der Waals surface area contributed by atoms with Gasteiger partial charge in [-0.1, -0.05) is 18.0 Å². The Morgan fingerprint density at radius 1 is 1.62 bits per heavy atom. The molecule has 0 unspecified atom stereocenters. The molecule has 0 saturated heterocycles. The van der Waals surface area contributed by atoms with Crippen molar-refractivity contribution in [1.29, 1.82) is 0 Å². The molecule has 0 atom stereocenters. The van der Waals surface area contributed by atoms with Crippen molar-refractivity contribution >= 4 is 5.88 Å². The third kappa shape index (κ3) is 3.18. The van der Waals surface area contributed by atoms with E-state index in [0.29, 0.717) is 0 Å². The van der Waals surface area contributed by atoms with Gasteiger partial charge >= 0.3 is 5.88 Å². The van der Waals surface area contributed by atoms with E-state index >= 15 is 0 Å². The normalized spacial score (nSPS) is 11.2. The third-order valence-corrected chi connectivity index (χ3v) is 1.63. The van der Waals surface area contributed by atoms with Crippen LogP contribution >= 0.6 is 0 Å². The largest absolute Gasteiger partial charge is 0.775 e. The van der Waals surface area contributed by atoms with Crippen LogP contribution in [-0.4, -0.2) is 5.27 Å². The number of hydrogen-bond donors (Lipinski definition) is 0. The molecule has 13 heavy (non-hydrogen) atoms. The third-order valence-electron chi connectivity index (χ3n) is 1.63. The molecule has 1 heterocycles. The van der Waals surface area contributed by atoms with Gasteiger partial charge in [0.15, 0.2) is 6.54 Å². The van der Waals surface area contributed by atoms with Crippen LogP contribution in [0.1, 0.15) is 26.2 Å². The summed E-state index contributed by atoms with van der Waals surface area (Å²) in [5.74, 6) is 0.145. The Balaban J connectivity index is 2.39. The molecule has 6 heteroatoms. The quantitative estimate of drug-likeness (QED) is 0.302. The van der Waals surface area contributed by atoms with Gasteiger partial charge in [0.2, 0.25) is 5.27 Å². The van der Waals surface area contributed by atoms with Gasteiger partial charge < -0.3 is 5.21 Å². The predicted octanol–water partition coefficient (Wildman–Crippen LogP) is 1.73. The summed E-state index contributed by atoms with van der Waals surface area (Å²) < 4.78 is 6.30. The lowest BCUT2D eigenvalue weighted by molar-refractivity contribution is -0.762. The second-order valence-electron chi connectivity index (χ2n) is 2.69. The minimum Gasteiger partial charge on any atom is -0.775 e. The highest BCUT2D eigenvalue weighted by molar-refractivity contribution is 5.09. The van der Waals surface area contributed by atoms with Crippen molar-refractivity contribution in [3.05, 3.63) is 11.4 Å². The van der Waals surface area contributed by atoms with Gasteiger partial charge in [-0.25, -0.2) is 5.28 Å². The first-order valence-corrected chi connectivity index (χ1v) is 4.26. The lowest BCUT2D eigenvalue weighted by Crippen LogP contribution is -2.34. The predicted molar refractivity (Wildman–Crippen MR) is 44.1 cm³/mol. The maximum absolute atomic E-state index is 9.73. The molecule has 72 valence electrons. The summed E-state index contributed by atoms with van der Waals surface area (Å²) in [6.07, 6.45) is 4.91. The van der Waals surface area contributed by atoms with Gasteiger partial charge in [0.25, 0.3) is 6.20 Å². The van der Waals surface area contributed by atoms with Crippen LogP contribution in [0.15, 0.2) is 21.1 Å². The Labute approximate surface area is 75.8 Å². The monoisotopic (exact) mass is 184 g/mol. The molecule has 0 N–H and O–H groups in total. The minimum absolute atomic E-state index is 0.145. The lowest BCUT2D eigenvalue weighted by Gasteiger charge is -1.87. The van der Waals surface area contributed by atoms with Crippen LogP contribution in [0.4, 0.5) is 5.88 Å². The molecule has 0 radical (unpaired) electrons. The van der Waals surface area contributed by atoms with Gasteiger partial charge in [0.1, 0.15) is 0 Å². The van der Waals surface area contributed by atoms with Crippen LogP contribution in [0.2, 0.25) is 0 Å². The molecule has 0 amide bonds. The van der Waals surface area contributed by atoms with Crippen LogP contribution < -0.4 is 4.68 Å². The van der Waals surface area contributed by atoms with E-state index in [1.807, 2.05) is 0 Å². The molecule has 0 aliphatic carbocycles. The molecule has 1 aromatic rings. The molecule has 0 aromatic carbocycles. The second-order valence-corrected chi connectivity index (χ2v) is 2.69. The molecule has 0 fully saturated rings. The average molecular weight is 184 g/mol. The second kappa shape index (κ2) is 5.23. The van der Waals surface area contributed by atoms with Crippen molar-refractivity contribution < 1.29 is 9.20 Å². The van der Waals surface area contributed by atoms with Crippen LogP contribution in [0.25, 0.3) is 0 Å². The first-order valence-electron chi connectivity index (χ1n) is 4.26. The maximum Gasteiger partial charge on any atom is 0.339 e. The fourth-order valence-electron chi connectivity index (χ4n) is 0.982. The highest BCUT2D eigenvalue weighted by atomic mass is 16.5. The Morgan fingerprint density at radius 2 is 2.46 bits per heavy atom. The van der Waals surface area contributed by atoms with E-state index in [1.54, 1.807) is 10.9 Å². The Morgan fingerprint density at radius 3 is 3.15 bits per heavy atom. The summed E-state index contributed by atoms with van der Waals surface area (Å²) in [6.45, 7) is 2.91. The molecule has 1 aromatic heterocycles. The van der Waals surface area contributed by atoms with Crippen molar-refractivity contribution in [3.8, 4) is 0 Å². The molecule has 0 bridgehead atoms. The fourth-order valence-corrected chi connectivity index (χ4v) is 0.982. The topological polar surface area (TPSA) is 77.7 Å². The Hall–Kier alpha value is -1.46. The lowest BCUT2D eigenvalue weighted by atomic mass is 10.2. The van der Waals surface area contributed by atoms with E-state index in [-0.39, 0.29) is 5.88 Å². The zero-order valence-electron chi connectivity index (χ0n) is 7.51. The SMILES string of the molecule is CCCCC[n+]1cc(/N=N/[O-])on1. The van der Waals surface area contributed by atoms with E-state index in [1.165, 1.54) is 0 Å². The summed E-state index contributed by atoms with van der Waals surface area (Å²) in [7, 11) is 0. The van der Waals surface area contributed by atoms with Gasteiger partial charge in [-0.15, -0.1) is 5.11 Å². The van der Waals surface area contributed by atoms with Gasteiger partial charge in [-0.05, 0) is 6.42 Å². The standard InChI is InChI=1S/C7H12N4O2/c1-2-3-4-5-11-6-7(8-9-12)13-10-11/h6H,2-5H2,1H3. The number of hydrogen-bond acceptors (Lipinski definition) is 5. The highest BCUT2D eigenvalue weighted by Gasteiger charge is 2.08. The number of rotatable bonds is 5. The van der Waals surface area contributed by atoms with Crippen LogP contribution in [-0.2, 0) is 6.54 Å². The van der Waals surface area contributed by atoms with Crippen molar-refractivity contribution in [2.75, 3.05) is 0 Å². The van der Waals surface area contributed by atoms with Crippen molar-refractivity contribution in [2.24, 2.45) is 10.4 Å². The highest BCUT2D eigenvalue weighted by Crippen LogP contribution is 2.05. The smallest absolute Gasteiger partial charge is 0.339 e. The van der Waals surface area contributed by atoms with Crippen molar-refractivity contribution in [1.82, 2.24) is 5.27 Å². The van der Waals surface area contributed by atoms with Gasteiger partial charge in [0, 0.05) is 6.42 Å². The first-order chi connectivity index (χ1) is 6.36. The number of nitrogens with zero attached hydrogens (tertiary/aromatic N) is 4. The Kier molecular flexibility index (Phi) is 3.87. The Bertz CT molecular complexity index is 271. The van der Waals surface area contributed by atoms with Gasteiger partial charge in [-0.2, -0.15) is 0 Å². The molecule has 0 spiro atoms. The molecule has 0 aliphatic rings. The zero-order valence-corrected chi connectivity index (χ0v) is 7.51. The van der Waals surface area contributed by atoms with Crippen LogP contribution in [0.3, 0.4) is 0 Å². The van der Waals surface area contributed by atoms with Crippen LogP contribution in [0.5, 0.6) is 0 Å². The van der Waals surface area contributed by atoms with E-state index in [0.717, 1.165) is 25.8 Å². The van der Waals surface area contributed by atoms with Crippen molar-refractivity contribution in [2.45, 2.75) is 32.7 Å². The molecular formula is C7H12N4O2. The number of unbranched alkanes of at least 4 members (excludes halogenated alkanes) is 2. The summed E-state index contributed by atoms with van der Waals surface area (Å²) >= 11 is 0. The molecule has 6 nitrogen and oxygen atoms in total. The zero-order chi connectivity index (χ0) is 9.52. The van der Waals surface area contributed by atoms with Crippen molar-refractivity contribution in [3.63, 3.8) is 0 Å². The van der Waals surface area contributed by atoms with E-state index in [2.05, 4.69) is 27.1 Å². The number of aromatic nitrogens is 2. The summed E-state index contributed by atoms with van der Waals surface area (Å²) in [6, 6.07) is 0. The first kappa shape index (κ1) is 9.63. The van der Waals surface area contributed by atoms with E-state index in [9.17, 15) is 5.21 Å². The number of aryl methyl sites for hydroxylation is 1. The minimum atomic E-state index is 0.145.